The number of hydrogen-bond donors (Lipinski definition) is 1. The number of amides is 1. The summed E-state index contributed by atoms with van der Waals surface area (Å²) in [5.41, 5.74) is -0.769. The Labute approximate surface area is 151 Å². The summed E-state index contributed by atoms with van der Waals surface area (Å²) < 4.78 is 18.5. The van der Waals surface area contributed by atoms with Crippen molar-refractivity contribution in [2.24, 2.45) is 5.41 Å². The van der Waals surface area contributed by atoms with Crippen molar-refractivity contribution < 1.29 is 53.4 Å². The SMILES string of the molecule is COc1cc(F)c(Br)cc1NC(=O)CC1(C(=O)[O-])CC1.[Na+]. The zero-order valence-corrected chi connectivity index (χ0v) is 15.3. The predicted molar refractivity (Wildman–Crippen MR) is 70.6 cm³/mol. The molecule has 1 aromatic carbocycles. The van der Waals surface area contributed by atoms with Gasteiger partial charge in [-0.2, -0.15) is 0 Å². The van der Waals surface area contributed by atoms with E-state index in [0.29, 0.717) is 12.8 Å². The average Bonchev–Trinajstić information content (AvgIpc) is 3.14. The predicted octanol–water partition coefficient (Wildman–Crippen LogP) is -1.54. The van der Waals surface area contributed by atoms with E-state index in [9.17, 15) is 19.1 Å². The largest absolute Gasteiger partial charge is 1.00 e. The minimum atomic E-state index is -1.21. The summed E-state index contributed by atoms with van der Waals surface area (Å²) in [6.07, 6.45) is 0.716. The van der Waals surface area contributed by atoms with Gasteiger partial charge < -0.3 is 20.0 Å². The summed E-state index contributed by atoms with van der Waals surface area (Å²) in [7, 11) is 1.35. The normalized spacial score (nSPS) is 14.8. The number of anilines is 1. The van der Waals surface area contributed by atoms with Gasteiger partial charge in [0.1, 0.15) is 11.6 Å². The summed E-state index contributed by atoms with van der Waals surface area (Å²) >= 11 is 3.01. The molecule has 1 aromatic rings. The Hall–Kier alpha value is -0.630. The van der Waals surface area contributed by atoms with Crippen LogP contribution in [0.15, 0.2) is 16.6 Å². The van der Waals surface area contributed by atoms with Crippen molar-refractivity contribution in [2.45, 2.75) is 19.3 Å². The Morgan fingerprint density at radius 2 is 2.10 bits per heavy atom. The van der Waals surface area contributed by atoms with Gasteiger partial charge in [-0.25, -0.2) is 4.39 Å². The van der Waals surface area contributed by atoms with Crippen LogP contribution in [0.3, 0.4) is 0 Å². The number of methoxy groups -OCH3 is 1. The van der Waals surface area contributed by atoms with Gasteiger partial charge >= 0.3 is 29.6 Å². The molecule has 0 saturated heterocycles. The van der Waals surface area contributed by atoms with Crippen molar-refractivity contribution in [1.29, 1.82) is 0 Å². The van der Waals surface area contributed by atoms with Gasteiger partial charge in [-0.05, 0) is 34.8 Å². The van der Waals surface area contributed by atoms with Crippen LogP contribution >= 0.6 is 15.9 Å². The number of carboxylic acids is 1. The number of hydrogen-bond acceptors (Lipinski definition) is 4. The van der Waals surface area contributed by atoms with Crippen LogP contribution < -0.4 is 44.7 Å². The van der Waals surface area contributed by atoms with Crippen molar-refractivity contribution >= 4 is 33.5 Å². The van der Waals surface area contributed by atoms with Crippen LogP contribution in [0.1, 0.15) is 19.3 Å². The number of ether oxygens (including phenoxy) is 1. The minimum Gasteiger partial charge on any atom is -0.550 e. The molecule has 8 heteroatoms. The first-order chi connectivity index (χ1) is 9.38. The zero-order chi connectivity index (χ0) is 14.9. The van der Waals surface area contributed by atoms with Crippen molar-refractivity contribution in [3.63, 3.8) is 0 Å². The summed E-state index contributed by atoms with van der Waals surface area (Å²) in [4.78, 5) is 22.8. The van der Waals surface area contributed by atoms with E-state index in [1.54, 1.807) is 0 Å². The van der Waals surface area contributed by atoms with Crippen LogP contribution in [0.5, 0.6) is 5.75 Å². The second-order valence-electron chi connectivity index (χ2n) is 4.76. The van der Waals surface area contributed by atoms with E-state index in [1.165, 1.54) is 13.2 Å². The van der Waals surface area contributed by atoms with Gasteiger partial charge in [0.15, 0.2) is 0 Å². The molecule has 0 bridgehead atoms. The number of halogens is 2. The Kier molecular flexibility index (Phi) is 6.22. The van der Waals surface area contributed by atoms with Crippen LogP contribution in [0.25, 0.3) is 0 Å². The molecule has 0 aliphatic heterocycles. The van der Waals surface area contributed by atoms with Crippen molar-refractivity contribution in [3.05, 3.63) is 22.4 Å². The maximum Gasteiger partial charge on any atom is 1.00 e. The van der Waals surface area contributed by atoms with Crippen molar-refractivity contribution in [2.75, 3.05) is 12.4 Å². The molecule has 0 aromatic heterocycles. The molecule has 108 valence electrons. The topological polar surface area (TPSA) is 78.5 Å². The molecule has 0 unspecified atom stereocenters. The van der Waals surface area contributed by atoms with E-state index < -0.39 is 23.1 Å². The summed E-state index contributed by atoms with van der Waals surface area (Å²) in [6, 6.07) is 2.50. The fourth-order valence-corrected chi connectivity index (χ4v) is 2.24. The smallest absolute Gasteiger partial charge is 0.550 e. The Balaban J connectivity index is 0.00000220. The van der Waals surface area contributed by atoms with E-state index in [2.05, 4.69) is 21.2 Å². The van der Waals surface area contributed by atoms with Crippen molar-refractivity contribution in [1.82, 2.24) is 0 Å². The third kappa shape index (κ3) is 4.18. The van der Waals surface area contributed by atoms with E-state index >= 15 is 0 Å². The van der Waals surface area contributed by atoms with Crippen LogP contribution in [0.4, 0.5) is 10.1 Å². The monoisotopic (exact) mass is 367 g/mol. The molecular formula is C13H12BrFNNaO4. The number of aliphatic carboxylic acids is 1. The third-order valence-electron chi connectivity index (χ3n) is 3.30. The van der Waals surface area contributed by atoms with Gasteiger partial charge in [0.05, 0.1) is 17.3 Å². The van der Waals surface area contributed by atoms with Crippen LogP contribution in [0.2, 0.25) is 0 Å². The summed E-state index contributed by atoms with van der Waals surface area (Å²) in [5, 5.41) is 13.4. The molecule has 1 N–H and O–H groups in total. The fourth-order valence-electron chi connectivity index (χ4n) is 1.90. The number of carboxylic acid groups (broad SMARTS) is 1. The fraction of sp³-hybridized carbons (Fsp3) is 0.385. The molecule has 1 amide bonds. The van der Waals surface area contributed by atoms with Crippen LogP contribution in [-0.2, 0) is 9.59 Å². The second kappa shape index (κ2) is 7.09. The van der Waals surface area contributed by atoms with Gasteiger partial charge in [0.2, 0.25) is 5.91 Å². The zero-order valence-electron chi connectivity index (χ0n) is 11.7. The third-order valence-corrected chi connectivity index (χ3v) is 3.91. The van der Waals surface area contributed by atoms with E-state index in [1.807, 2.05) is 0 Å². The first kappa shape index (κ1) is 18.4. The molecule has 1 fully saturated rings. The second-order valence-corrected chi connectivity index (χ2v) is 5.61. The van der Waals surface area contributed by atoms with Crippen LogP contribution in [-0.4, -0.2) is 19.0 Å². The maximum atomic E-state index is 13.3. The Morgan fingerprint density at radius 1 is 1.48 bits per heavy atom. The standard InChI is InChI=1S/C13H13BrFNO4.Na/c1-20-10-5-8(15)7(14)4-9(10)16-11(17)6-13(2-3-13)12(18)19;/h4-5H,2-3,6H2,1H3,(H,16,17)(H,18,19);/q;+1/p-1. The number of nitrogens with one attached hydrogen (secondary N) is 1. The number of carbonyl (C=O) groups is 2. The molecule has 0 atom stereocenters. The first-order valence-electron chi connectivity index (χ1n) is 5.92. The van der Waals surface area contributed by atoms with Gasteiger partial charge in [-0.15, -0.1) is 0 Å². The quantitative estimate of drug-likeness (QED) is 0.640. The molecule has 1 aliphatic rings. The first-order valence-corrected chi connectivity index (χ1v) is 6.71. The molecule has 0 radical (unpaired) electrons. The summed E-state index contributed by atoms with van der Waals surface area (Å²) in [6.45, 7) is 0. The molecular weight excluding hydrogens is 356 g/mol. The minimum absolute atomic E-state index is 0. The van der Waals surface area contributed by atoms with Gasteiger partial charge in [0.25, 0.3) is 0 Å². The molecule has 2 rings (SSSR count). The Bertz CT molecular complexity index is 578. The van der Waals surface area contributed by atoms with Gasteiger partial charge in [0, 0.05) is 23.9 Å². The van der Waals surface area contributed by atoms with Crippen molar-refractivity contribution in [3.8, 4) is 5.75 Å². The van der Waals surface area contributed by atoms with E-state index in [-0.39, 0.29) is 51.9 Å². The molecule has 21 heavy (non-hydrogen) atoms. The van der Waals surface area contributed by atoms with E-state index in [4.69, 9.17) is 4.74 Å². The van der Waals surface area contributed by atoms with E-state index in [0.717, 1.165) is 6.07 Å². The number of rotatable bonds is 5. The van der Waals surface area contributed by atoms with Gasteiger partial charge in [-0.3, -0.25) is 4.79 Å². The Morgan fingerprint density at radius 3 is 2.57 bits per heavy atom. The molecule has 1 aliphatic carbocycles. The average molecular weight is 368 g/mol. The molecule has 0 heterocycles. The van der Waals surface area contributed by atoms with Crippen LogP contribution in [0, 0.1) is 11.2 Å². The molecule has 1 saturated carbocycles. The number of carbonyl (C=O) groups excluding carboxylic acids is 2. The number of benzene rings is 1. The summed E-state index contributed by atoms with van der Waals surface area (Å²) in [5.74, 6) is -2.03. The maximum absolute atomic E-state index is 13.3. The molecule has 0 spiro atoms. The molecule has 5 nitrogen and oxygen atoms in total. The van der Waals surface area contributed by atoms with Gasteiger partial charge in [-0.1, -0.05) is 0 Å².